The smallest absolute Gasteiger partial charge is 0.339 e. The van der Waals surface area contributed by atoms with E-state index in [-0.39, 0.29) is 11.7 Å². The van der Waals surface area contributed by atoms with Gasteiger partial charge in [0.25, 0.3) is 0 Å². The van der Waals surface area contributed by atoms with E-state index in [9.17, 15) is 9.59 Å². The van der Waals surface area contributed by atoms with E-state index in [2.05, 4.69) is 5.10 Å². The molecule has 1 fully saturated rings. The lowest BCUT2D eigenvalue weighted by Crippen LogP contribution is -2.33. The van der Waals surface area contributed by atoms with Crippen molar-refractivity contribution < 1.29 is 19.1 Å². The first-order valence-corrected chi connectivity index (χ1v) is 9.44. The van der Waals surface area contributed by atoms with E-state index < -0.39 is 11.8 Å². The number of hydrogen-bond donors (Lipinski definition) is 0. The van der Waals surface area contributed by atoms with Crippen LogP contribution in [0, 0.1) is 0 Å². The van der Waals surface area contributed by atoms with Gasteiger partial charge in [-0.25, -0.2) is 0 Å². The number of benzene rings is 2. The molecule has 0 atom stereocenters. The molecular weight excluding hydrogens is 414 g/mol. The molecule has 1 aliphatic rings. The number of halogens is 1. The number of hydrogen-bond acceptors (Lipinski definition) is 6. The molecule has 2 amide bonds. The Kier molecular flexibility index (Phi) is 6.46. The van der Waals surface area contributed by atoms with E-state index in [4.69, 9.17) is 33.3 Å². The molecule has 7 nitrogen and oxygen atoms in total. The van der Waals surface area contributed by atoms with Crippen LogP contribution in [0.3, 0.4) is 0 Å². The number of methoxy groups -OCH3 is 2. The fourth-order valence-electron chi connectivity index (χ4n) is 2.77. The second kappa shape index (κ2) is 9.02. The van der Waals surface area contributed by atoms with Gasteiger partial charge in [-0.3, -0.25) is 14.5 Å². The van der Waals surface area contributed by atoms with Crippen LogP contribution in [-0.2, 0) is 16.0 Å². The highest BCUT2D eigenvalue weighted by Crippen LogP contribution is 2.28. The third-order valence-electron chi connectivity index (χ3n) is 4.32. The van der Waals surface area contributed by atoms with E-state index in [1.165, 1.54) is 11.1 Å². The second-order valence-corrected chi connectivity index (χ2v) is 6.83. The number of amides is 2. The molecule has 0 unspecified atom stereocenters. The summed E-state index contributed by atoms with van der Waals surface area (Å²) in [4.78, 5) is 25.9. The van der Waals surface area contributed by atoms with Gasteiger partial charge >= 0.3 is 11.8 Å². The summed E-state index contributed by atoms with van der Waals surface area (Å²) < 4.78 is 10.5. The van der Waals surface area contributed by atoms with Gasteiger partial charge in [-0.2, -0.15) is 10.1 Å². The van der Waals surface area contributed by atoms with Crippen LogP contribution < -0.4 is 9.47 Å². The SMILES string of the molecule is COc1ccc(CCN2C(=O)C(=O)N(/N=C/c3ccccc3Cl)C2=S)cc1OC. The molecule has 3 rings (SSSR count). The van der Waals surface area contributed by atoms with Crippen LogP contribution >= 0.6 is 23.8 Å². The molecule has 0 spiro atoms. The van der Waals surface area contributed by atoms with Crippen molar-refractivity contribution in [1.82, 2.24) is 9.91 Å². The zero-order chi connectivity index (χ0) is 21.0. The first-order chi connectivity index (χ1) is 14.0. The van der Waals surface area contributed by atoms with Gasteiger partial charge in [0.05, 0.1) is 20.4 Å². The lowest BCUT2D eigenvalue weighted by atomic mass is 10.1. The highest BCUT2D eigenvalue weighted by atomic mass is 35.5. The number of thiocarbonyl (C=S) groups is 1. The van der Waals surface area contributed by atoms with E-state index in [0.717, 1.165) is 10.6 Å². The Labute approximate surface area is 178 Å². The Morgan fingerprint density at radius 1 is 1.07 bits per heavy atom. The van der Waals surface area contributed by atoms with E-state index in [1.54, 1.807) is 44.6 Å². The zero-order valence-corrected chi connectivity index (χ0v) is 17.4. The van der Waals surface area contributed by atoms with Crippen molar-refractivity contribution >= 4 is 47.0 Å². The number of hydrazone groups is 1. The minimum atomic E-state index is -0.800. The number of nitrogens with zero attached hydrogens (tertiary/aromatic N) is 3. The van der Waals surface area contributed by atoms with Gasteiger partial charge in [0.1, 0.15) is 0 Å². The number of carbonyl (C=O) groups excluding carboxylic acids is 2. The summed E-state index contributed by atoms with van der Waals surface area (Å²) in [5.74, 6) is -0.320. The third-order valence-corrected chi connectivity index (χ3v) is 5.06. The predicted octanol–water partition coefficient (Wildman–Crippen LogP) is 2.89. The zero-order valence-electron chi connectivity index (χ0n) is 15.8. The Morgan fingerprint density at radius 3 is 2.48 bits per heavy atom. The molecule has 0 N–H and O–H groups in total. The van der Waals surface area contributed by atoms with Crippen molar-refractivity contribution in [2.45, 2.75) is 6.42 Å². The third kappa shape index (κ3) is 4.38. The topological polar surface area (TPSA) is 71.4 Å². The first kappa shape index (κ1) is 20.8. The molecule has 0 saturated carbocycles. The maximum absolute atomic E-state index is 12.4. The normalized spacial score (nSPS) is 14.2. The second-order valence-electron chi connectivity index (χ2n) is 6.06. The summed E-state index contributed by atoms with van der Waals surface area (Å²) in [6.45, 7) is 0.233. The summed E-state index contributed by atoms with van der Waals surface area (Å²) in [6, 6.07) is 12.5. The van der Waals surface area contributed by atoms with Crippen LogP contribution in [0.25, 0.3) is 0 Å². The van der Waals surface area contributed by atoms with Crippen molar-refractivity contribution in [3.8, 4) is 11.5 Å². The van der Waals surface area contributed by atoms with Crippen LogP contribution in [0.15, 0.2) is 47.6 Å². The minimum absolute atomic E-state index is 0.0313. The average Bonchev–Trinajstić information content (AvgIpc) is 2.94. The first-order valence-electron chi connectivity index (χ1n) is 8.65. The van der Waals surface area contributed by atoms with Crippen LogP contribution in [0.4, 0.5) is 0 Å². The molecule has 2 aromatic rings. The van der Waals surface area contributed by atoms with Crippen molar-refractivity contribution in [3.05, 3.63) is 58.6 Å². The molecule has 1 heterocycles. The predicted molar refractivity (Wildman–Crippen MR) is 113 cm³/mol. The van der Waals surface area contributed by atoms with Crippen LogP contribution in [-0.4, -0.2) is 53.8 Å². The summed E-state index contributed by atoms with van der Waals surface area (Å²) in [5.41, 5.74) is 1.52. The Hall–Kier alpha value is -2.97. The molecule has 9 heteroatoms. The van der Waals surface area contributed by atoms with Crippen molar-refractivity contribution in [2.75, 3.05) is 20.8 Å². The Bertz CT molecular complexity index is 995. The largest absolute Gasteiger partial charge is 0.493 e. The quantitative estimate of drug-likeness (QED) is 0.383. The van der Waals surface area contributed by atoms with Crippen molar-refractivity contribution in [1.29, 1.82) is 0 Å². The molecule has 0 aromatic heterocycles. The molecule has 1 aliphatic heterocycles. The number of ether oxygens (including phenoxy) is 2. The summed E-state index contributed by atoms with van der Waals surface area (Å²) >= 11 is 11.4. The van der Waals surface area contributed by atoms with Gasteiger partial charge in [0.15, 0.2) is 11.5 Å². The molecular formula is C20H18ClN3O4S. The van der Waals surface area contributed by atoms with Gasteiger partial charge < -0.3 is 9.47 Å². The molecule has 29 heavy (non-hydrogen) atoms. The fraction of sp³-hybridized carbons (Fsp3) is 0.200. The van der Waals surface area contributed by atoms with Gasteiger partial charge in [-0.05, 0) is 42.4 Å². The van der Waals surface area contributed by atoms with E-state index in [0.29, 0.717) is 28.5 Å². The monoisotopic (exact) mass is 431 g/mol. The molecule has 0 radical (unpaired) electrons. The average molecular weight is 432 g/mol. The fourth-order valence-corrected chi connectivity index (χ4v) is 3.26. The number of carbonyl (C=O) groups is 2. The van der Waals surface area contributed by atoms with Gasteiger partial charge in [0.2, 0.25) is 5.11 Å². The van der Waals surface area contributed by atoms with E-state index >= 15 is 0 Å². The Balaban J connectivity index is 1.71. The molecule has 150 valence electrons. The molecule has 0 aliphatic carbocycles. The maximum atomic E-state index is 12.4. The van der Waals surface area contributed by atoms with Crippen LogP contribution in [0.1, 0.15) is 11.1 Å². The number of rotatable bonds is 7. The highest BCUT2D eigenvalue weighted by molar-refractivity contribution is 7.80. The Morgan fingerprint density at radius 2 is 1.79 bits per heavy atom. The maximum Gasteiger partial charge on any atom is 0.339 e. The van der Waals surface area contributed by atoms with Gasteiger partial charge in [-0.1, -0.05) is 35.9 Å². The highest BCUT2D eigenvalue weighted by Gasteiger charge is 2.41. The van der Waals surface area contributed by atoms with Crippen LogP contribution in [0.5, 0.6) is 11.5 Å². The molecule has 2 aromatic carbocycles. The minimum Gasteiger partial charge on any atom is -0.493 e. The standard InChI is InChI=1S/C20H18ClN3O4S/c1-27-16-8-7-13(11-17(16)28-2)9-10-23-18(25)19(26)24(20(23)29)22-12-14-5-3-4-6-15(14)21/h3-8,11-12H,9-10H2,1-2H3/b22-12+. The van der Waals surface area contributed by atoms with E-state index in [1.807, 2.05) is 12.1 Å². The van der Waals surface area contributed by atoms with Crippen molar-refractivity contribution in [3.63, 3.8) is 0 Å². The summed E-state index contributed by atoms with van der Waals surface area (Å²) in [7, 11) is 3.11. The summed E-state index contributed by atoms with van der Waals surface area (Å²) in [5, 5.41) is 5.48. The van der Waals surface area contributed by atoms with Gasteiger partial charge in [0, 0.05) is 17.1 Å². The van der Waals surface area contributed by atoms with Gasteiger partial charge in [-0.15, -0.1) is 0 Å². The lowest BCUT2D eigenvalue weighted by Gasteiger charge is -2.16. The van der Waals surface area contributed by atoms with Crippen molar-refractivity contribution in [2.24, 2.45) is 5.10 Å². The molecule has 0 bridgehead atoms. The lowest BCUT2D eigenvalue weighted by molar-refractivity contribution is -0.143. The summed E-state index contributed by atoms with van der Waals surface area (Å²) in [6.07, 6.45) is 1.87. The molecule has 1 saturated heterocycles. The van der Waals surface area contributed by atoms with Crippen LogP contribution in [0.2, 0.25) is 5.02 Å².